The summed E-state index contributed by atoms with van der Waals surface area (Å²) < 4.78 is 1.01. The van der Waals surface area contributed by atoms with Crippen LogP contribution in [0.3, 0.4) is 0 Å². The molecule has 0 aliphatic carbocycles. The van der Waals surface area contributed by atoms with Crippen molar-refractivity contribution in [1.29, 1.82) is 0 Å². The maximum absolute atomic E-state index is 13.7. The zero-order valence-electron chi connectivity index (χ0n) is 18.4. The molecule has 34 heavy (non-hydrogen) atoms. The Morgan fingerprint density at radius 2 is 1.62 bits per heavy atom. The number of para-hydroxylation sites is 2. The Hall–Kier alpha value is -4.14. The van der Waals surface area contributed by atoms with Crippen LogP contribution in [0.5, 0.6) is 0 Å². The molecule has 3 heterocycles. The lowest BCUT2D eigenvalue weighted by atomic mass is 9.95. The van der Waals surface area contributed by atoms with Crippen LogP contribution >= 0.6 is 0 Å². The topological polar surface area (TPSA) is 128 Å². The number of nitrogens with one attached hydrogen (secondary N) is 2. The molecule has 5 rings (SSSR count). The fourth-order valence-electron chi connectivity index (χ4n) is 4.81. The van der Waals surface area contributed by atoms with E-state index in [4.69, 9.17) is 0 Å². The van der Waals surface area contributed by atoms with Gasteiger partial charge in [-0.3, -0.25) is 14.4 Å². The molecule has 0 saturated carbocycles. The van der Waals surface area contributed by atoms with Crippen LogP contribution in [0.2, 0.25) is 0 Å². The first-order chi connectivity index (χ1) is 16.4. The van der Waals surface area contributed by atoms with Crippen molar-refractivity contribution < 1.29 is 14.7 Å². The molecule has 1 atom stereocenters. The first-order valence-electron chi connectivity index (χ1n) is 11.2. The fraction of sp³-hybridized carbons (Fsp3) is 0.280. The number of carboxylic acids is 1. The van der Waals surface area contributed by atoms with E-state index in [1.165, 1.54) is 0 Å². The van der Waals surface area contributed by atoms with E-state index in [0.717, 1.165) is 21.0 Å². The van der Waals surface area contributed by atoms with Crippen molar-refractivity contribution in [2.24, 2.45) is 5.92 Å². The molecular formula is C25H24N4O5. The zero-order valence-corrected chi connectivity index (χ0v) is 18.4. The van der Waals surface area contributed by atoms with E-state index in [2.05, 4.69) is 9.97 Å². The van der Waals surface area contributed by atoms with Crippen LogP contribution in [0.4, 0.5) is 0 Å². The van der Waals surface area contributed by atoms with Crippen LogP contribution in [0, 0.1) is 5.92 Å². The van der Waals surface area contributed by atoms with Gasteiger partial charge in [0.15, 0.2) is 0 Å². The molecule has 3 N–H and O–H groups in total. The standard InChI is InChI=1S/C25H24N4O5/c30-22-18-6-2-4-8-20(18)27-25(34)29(22)21(13-16-14-26-19-7-3-1-5-17(16)19)23(31)28-11-9-15(10-12-28)24(32)33/h1-8,14-15,21,26H,9-13H2,(H,27,34)(H,32,33)/t21-/m0/s1. The molecule has 174 valence electrons. The minimum absolute atomic E-state index is 0.142. The molecule has 4 aromatic rings. The number of aromatic amines is 2. The van der Waals surface area contributed by atoms with Gasteiger partial charge in [0.1, 0.15) is 6.04 Å². The van der Waals surface area contributed by atoms with Crippen LogP contribution in [0.15, 0.2) is 64.3 Å². The lowest BCUT2D eigenvalue weighted by Gasteiger charge is -2.33. The van der Waals surface area contributed by atoms with Crippen molar-refractivity contribution >= 4 is 33.7 Å². The number of carboxylic acid groups (broad SMARTS) is 1. The molecule has 1 aliphatic rings. The minimum Gasteiger partial charge on any atom is -0.481 e. The van der Waals surface area contributed by atoms with E-state index < -0.39 is 29.2 Å². The molecule has 1 aliphatic heterocycles. The monoisotopic (exact) mass is 460 g/mol. The summed E-state index contributed by atoms with van der Waals surface area (Å²) in [5.74, 6) is -1.73. The van der Waals surface area contributed by atoms with Gasteiger partial charge >= 0.3 is 11.7 Å². The number of carbonyl (C=O) groups excluding carboxylic acids is 1. The number of H-pyrrole nitrogens is 2. The van der Waals surface area contributed by atoms with E-state index >= 15 is 0 Å². The van der Waals surface area contributed by atoms with Gasteiger partial charge in [0.2, 0.25) is 5.91 Å². The Bertz CT molecular complexity index is 1510. The third-order valence-electron chi connectivity index (χ3n) is 6.68. The third-order valence-corrected chi connectivity index (χ3v) is 6.68. The molecule has 2 aromatic heterocycles. The minimum atomic E-state index is -1.07. The maximum Gasteiger partial charge on any atom is 0.329 e. The van der Waals surface area contributed by atoms with Crippen molar-refractivity contribution in [1.82, 2.24) is 19.4 Å². The lowest BCUT2D eigenvalue weighted by Crippen LogP contribution is -2.49. The number of aliphatic carboxylic acids is 1. The van der Waals surface area contributed by atoms with E-state index in [9.17, 15) is 24.3 Å². The molecule has 1 fully saturated rings. The summed E-state index contributed by atoms with van der Waals surface area (Å²) in [7, 11) is 0. The Kier molecular flexibility index (Phi) is 5.53. The van der Waals surface area contributed by atoms with E-state index in [1.54, 1.807) is 35.4 Å². The highest BCUT2D eigenvalue weighted by molar-refractivity contribution is 5.86. The molecule has 2 aromatic carbocycles. The number of amides is 1. The highest BCUT2D eigenvalue weighted by atomic mass is 16.4. The SMILES string of the molecule is O=C(O)C1CCN(C(=O)[C@H](Cc2c[nH]c3ccccc23)n2c(=O)[nH]c3ccccc3c2=O)CC1. The molecular weight excluding hydrogens is 436 g/mol. The number of aromatic nitrogens is 3. The molecule has 1 saturated heterocycles. The van der Waals surface area contributed by atoms with Crippen molar-refractivity contribution in [2.75, 3.05) is 13.1 Å². The molecule has 1 amide bonds. The van der Waals surface area contributed by atoms with Gasteiger partial charge in [0.05, 0.1) is 16.8 Å². The van der Waals surface area contributed by atoms with Gasteiger partial charge in [-0.25, -0.2) is 9.36 Å². The highest BCUT2D eigenvalue weighted by Gasteiger charge is 2.33. The number of benzene rings is 2. The second-order valence-corrected chi connectivity index (χ2v) is 8.67. The molecule has 0 bridgehead atoms. The molecule has 0 unspecified atom stereocenters. The van der Waals surface area contributed by atoms with Crippen LogP contribution in [-0.4, -0.2) is 49.5 Å². The number of rotatable bonds is 5. The van der Waals surface area contributed by atoms with Gasteiger partial charge in [-0.2, -0.15) is 0 Å². The summed E-state index contributed by atoms with van der Waals surface area (Å²) in [5.41, 5.74) is 0.939. The first kappa shape index (κ1) is 21.7. The predicted molar refractivity (Wildman–Crippen MR) is 127 cm³/mol. The van der Waals surface area contributed by atoms with Crippen LogP contribution < -0.4 is 11.2 Å². The van der Waals surface area contributed by atoms with Crippen LogP contribution in [0.1, 0.15) is 24.4 Å². The molecule has 9 heteroatoms. The predicted octanol–water partition coefficient (Wildman–Crippen LogP) is 2.28. The number of carbonyl (C=O) groups is 2. The summed E-state index contributed by atoms with van der Waals surface area (Å²) in [5, 5.41) is 10.5. The van der Waals surface area contributed by atoms with Crippen molar-refractivity contribution in [3.8, 4) is 0 Å². The van der Waals surface area contributed by atoms with Crippen LogP contribution in [0.25, 0.3) is 21.8 Å². The normalized spacial score (nSPS) is 15.6. The van der Waals surface area contributed by atoms with Crippen molar-refractivity contribution in [2.45, 2.75) is 25.3 Å². The summed E-state index contributed by atoms with van der Waals surface area (Å²) in [6.07, 6.45) is 2.61. The van der Waals surface area contributed by atoms with Gasteiger partial charge in [0.25, 0.3) is 5.56 Å². The molecule has 9 nitrogen and oxygen atoms in total. The number of fused-ring (bicyclic) bond motifs is 2. The highest BCUT2D eigenvalue weighted by Crippen LogP contribution is 2.25. The lowest BCUT2D eigenvalue weighted by molar-refractivity contribution is -0.146. The average molecular weight is 460 g/mol. The number of piperidine rings is 1. The van der Waals surface area contributed by atoms with Gasteiger partial charge in [-0.15, -0.1) is 0 Å². The average Bonchev–Trinajstić information content (AvgIpc) is 3.26. The Labute approximate surface area is 193 Å². The Morgan fingerprint density at radius 3 is 2.32 bits per heavy atom. The third kappa shape index (κ3) is 3.79. The smallest absolute Gasteiger partial charge is 0.329 e. The summed E-state index contributed by atoms with van der Waals surface area (Å²) in [4.78, 5) is 59.0. The van der Waals surface area contributed by atoms with Crippen molar-refractivity contribution in [3.63, 3.8) is 0 Å². The second-order valence-electron chi connectivity index (χ2n) is 8.67. The number of nitrogens with zero attached hydrogens (tertiary/aromatic N) is 2. The van der Waals surface area contributed by atoms with Gasteiger partial charge in [0, 0.05) is 36.6 Å². The zero-order chi connectivity index (χ0) is 23.8. The Balaban J connectivity index is 1.59. The van der Waals surface area contributed by atoms with E-state index in [-0.39, 0.29) is 25.4 Å². The fourth-order valence-corrected chi connectivity index (χ4v) is 4.81. The van der Waals surface area contributed by atoms with E-state index in [0.29, 0.717) is 23.7 Å². The van der Waals surface area contributed by atoms with E-state index in [1.807, 2.05) is 24.3 Å². The molecule has 0 radical (unpaired) electrons. The number of hydrogen-bond acceptors (Lipinski definition) is 4. The second kappa shape index (κ2) is 8.66. The van der Waals surface area contributed by atoms with Crippen molar-refractivity contribution in [3.05, 3.63) is 81.1 Å². The summed E-state index contributed by atoms with van der Waals surface area (Å²) in [6, 6.07) is 13.3. The quantitative estimate of drug-likeness (QED) is 0.421. The van der Waals surface area contributed by atoms with Gasteiger partial charge < -0.3 is 20.0 Å². The van der Waals surface area contributed by atoms with Gasteiger partial charge in [-0.05, 0) is 36.6 Å². The van der Waals surface area contributed by atoms with Crippen LogP contribution in [-0.2, 0) is 16.0 Å². The van der Waals surface area contributed by atoms with Gasteiger partial charge in [-0.1, -0.05) is 30.3 Å². The summed E-state index contributed by atoms with van der Waals surface area (Å²) in [6.45, 7) is 0.529. The Morgan fingerprint density at radius 1 is 0.971 bits per heavy atom. The first-order valence-corrected chi connectivity index (χ1v) is 11.2. The number of hydrogen-bond donors (Lipinski definition) is 3. The summed E-state index contributed by atoms with van der Waals surface area (Å²) >= 11 is 0. The molecule has 0 spiro atoms. The maximum atomic E-state index is 13.7. The largest absolute Gasteiger partial charge is 0.481 e. The number of likely N-dealkylation sites (tertiary alicyclic amines) is 1.